The van der Waals surface area contributed by atoms with Crippen LogP contribution in [-0.2, 0) is 4.79 Å². The fraction of sp³-hybridized carbons (Fsp3) is 0.429. The van der Waals surface area contributed by atoms with Crippen molar-refractivity contribution >= 4 is 23.8 Å². The monoisotopic (exact) mass is 296 g/mol. The molecule has 6 heteroatoms. The second kappa shape index (κ2) is 9.25. The third-order valence-corrected chi connectivity index (χ3v) is 3.60. The Hall–Kier alpha value is -1.69. The maximum absolute atomic E-state index is 11.5. The molecule has 0 spiro atoms. The Labute approximate surface area is 123 Å². The summed E-state index contributed by atoms with van der Waals surface area (Å²) in [5.74, 6) is -0.847. The van der Waals surface area contributed by atoms with E-state index in [1.165, 1.54) is 4.90 Å². The molecule has 0 aliphatic carbocycles. The highest BCUT2D eigenvalue weighted by Crippen LogP contribution is 2.21. The molecule has 0 fully saturated rings. The van der Waals surface area contributed by atoms with Gasteiger partial charge in [0.05, 0.1) is 0 Å². The molecule has 0 heterocycles. The van der Waals surface area contributed by atoms with E-state index in [2.05, 4.69) is 10.6 Å². The molecular formula is C14H20N2O3S. The Morgan fingerprint density at radius 1 is 1.25 bits per heavy atom. The van der Waals surface area contributed by atoms with Crippen LogP contribution in [0.15, 0.2) is 35.2 Å². The van der Waals surface area contributed by atoms with Gasteiger partial charge in [-0.1, -0.05) is 25.1 Å². The standard InChI is InChI=1S/C14H20N2O3S/c1-11(20-12-6-3-2-4-7-12)10-16-14(19)15-9-5-8-13(17)18/h2-4,6-7,11H,5,8-10H2,1H3,(H,17,18)(H2,15,16,19). The lowest BCUT2D eigenvalue weighted by molar-refractivity contribution is -0.137. The Morgan fingerprint density at radius 3 is 2.60 bits per heavy atom. The van der Waals surface area contributed by atoms with Gasteiger partial charge in [-0.25, -0.2) is 4.79 Å². The summed E-state index contributed by atoms with van der Waals surface area (Å²) in [5, 5.41) is 14.1. The maximum atomic E-state index is 11.5. The van der Waals surface area contributed by atoms with Gasteiger partial charge in [-0.05, 0) is 18.6 Å². The minimum absolute atomic E-state index is 0.0700. The molecule has 1 aromatic rings. The van der Waals surface area contributed by atoms with Crippen molar-refractivity contribution in [3.63, 3.8) is 0 Å². The number of hydrogen-bond donors (Lipinski definition) is 3. The van der Waals surface area contributed by atoms with E-state index in [4.69, 9.17) is 5.11 Å². The summed E-state index contributed by atoms with van der Waals surface area (Å²) in [6.45, 7) is 2.98. The minimum Gasteiger partial charge on any atom is -0.481 e. The van der Waals surface area contributed by atoms with Crippen molar-refractivity contribution < 1.29 is 14.7 Å². The van der Waals surface area contributed by atoms with Crippen LogP contribution >= 0.6 is 11.8 Å². The van der Waals surface area contributed by atoms with Gasteiger partial charge < -0.3 is 15.7 Å². The van der Waals surface area contributed by atoms with E-state index in [1.807, 2.05) is 37.3 Å². The molecule has 2 amide bonds. The number of amides is 2. The molecule has 0 aliphatic rings. The molecule has 20 heavy (non-hydrogen) atoms. The lowest BCUT2D eigenvalue weighted by Crippen LogP contribution is -2.38. The summed E-state index contributed by atoms with van der Waals surface area (Å²) in [6, 6.07) is 9.75. The topological polar surface area (TPSA) is 78.4 Å². The van der Waals surface area contributed by atoms with Gasteiger partial charge in [-0.15, -0.1) is 11.8 Å². The van der Waals surface area contributed by atoms with Crippen LogP contribution in [0.2, 0.25) is 0 Å². The number of rotatable bonds is 8. The first-order valence-corrected chi connectivity index (χ1v) is 7.41. The van der Waals surface area contributed by atoms with Crippen molar-refractivity contribution in [3.05, 3.63) is 30.3 Å². The molecule has 1 unspecified atom stereocenters. The molecule has 1 aromatic carbocycles. The molecule has 3 N–H and O–H groups in total. The Kier molecular flexibility index (Phi) is 7.57. The number of benzene rings is 1. The number of carboxylic acids is 1. The summed E-state index contributed by atoms with van der Waals surface area (Å²) in [5.41, 5.74) is 0. The van der Waals surface area contributed by atoms with Crippen LogP contribution in [0.3, 0.4) is 0 Å². The van der Waals surface area contributed by atoms with Crippen molar-refractivity contribution in [1.29, 1.82) is 0 Å². The zero-order valence-electron chi connectivity index (χ0n) is 11.5. The summed E-state index contributed by atoms with van der Waals surface area (Å²) >= 11 is 1.70. The van der Waals surface area contributed by atoms with Gasteiger partial charge in [0.25, 0.3) is 0 Å². The van der Waals surface area contributed by atoms with Crippen LogP contribution < -0.4 is 10.6 Å². The highest BCUT2D eigenvalue weighted by molar-refractivity contribution is 8.00. The number of thioether (sulfide) groups is 1. The molecule has 0 aromatic heterocycles. The number of carboxylic acid groups (broad SMARTS) is 1. The SMILES string of the molecule is CC(CNC(=O)NCCCC(=O)O)Sc1ccccc1. The predicted molar refractivity (Wildman–Crippen MR) is 80.0 cm³/mol. The first-order valence-electron chi connectivity index (χ1n) is 6.53. The zero-order valence-corrected chi connectivity index (χ0v) is 12.3. The second-order valence-electron chi connectivity index (χ2n) is 4.38. The summed E-state index contributed by atoms with van der Waals surface area (Å²) in [4.78, 5) is 22.9. The van der Waals surface area contributed by atoms with Crippen molar-refractivity contribution in [2.75, 3.05) is 13.1 Å². The highest BCUT2D eigenvalue weighted by Gasteiger charge is 2.06. The van der Waals surface area contributed by atoms with E-state index >= 15 is 0 Å². The van der Waals surface area contributed by atoms with E-state index in [0.717, 1.165) is 0 Å². The van der Waals surface area contributed by atoms with Gasteiger partial charge in [0.2, 0.25) is 0 Å². The van der Waals surface area contributed by atoms with Gasteiger partial charge >= 0.3 is 12.0 Å². The molecule has 110 valence electrons. The minimum atomic E-state index is -0.847. The molecular weight excluding hydrogens is 276 g/mol. The number of carbonyl (C=O) groups is 2. The summed E-state index contributed by atoms with van der Waals surface area (Å²) in [6.07, 6.45) is 0.512. The summed E-state index contributed by atoms with van der Waals surface area (Å²) < 4.78 is 0. The smallest absolute Gasteiger partial charge is 0.314 e. The highest BCUT2D eigenvalue weighted by atomic mass is 32.2. The number of nitrogens with one attached hydrogen (secondary N) is 2. The summed E-state index contributed by atoms with van der Waals surface area (Å²) in [7, 11) is 0. The number of hydrogen-bond acceptors (Lipinski definition) is 3. The van der Waals surface area contributed by atoms with Crippen molar-refractivity contribution in [2.24, 2.45) is 0 Å². The lowest BCUT2D eigenvalue weighted by atomic mass is 10.3. The molecule has 1 rings (SSSR count). The van der Waals surface area contributed by atoms with Gasteiger partial charge in [-0.3, -0.25) is 4.79 Å². The largest absolute Gasteiger partial charge is 0.481 e. The molecule has 0 saturated heterocycles. The second-order valence-corrected chi connectivity index (χ2v) is 5.89. The number of carbonyl (C=O) groups excluding carboxylic acids is 1. The molecule has 0 radical (unpaired) electrons. The van der Waals surface area contributed by atoms with E-state index in [1.54, 1.807) is 11.8 Å². The Bertz CT molecular complexity index is 426. The average Bonchev–Trinajstić information content (AvgIpc) is 2.42. The fourth-order valence-electron chi connectivity index (χ4n) is 1.51. The van der Waals surface area contributed by atoms with Crippen molar-refractivity contribution in [2.45, 2.75) is 29.9 Å². The van der Waals surface area contributed by atoms with E-state index < -0.39 is 5.97 Å². The van der Waals surface area contributed by atoms with Crippen molar-refractivity contribution in [3.8, 4) is 0 Å². The number of aliphatic carboxylic acids is 1. The van der Waals surface area contributed by atoms with Gasteiger partial charge in [0.1, 0.15) is 0 Å². The van der Waals surface area contributed by atoms with Crippen LogP contribution in [-0.4, -0.2) is 35.4 Å². The Balaban J connectivity index is 2.12. The lowest BCUT2D eigenvalue weighted by Gasteiger charge is -2.13. The maximum Gasteiger partial charge on any atom is 0.314 e. The molecule has 0 saturated carbocycles. The van der Waals surface area contributed by atoms with Crippen molar-refractivity contribution in [1.82, 2.24) is 10.6 Å². The van der Waals surface area contributed by atoms with Crippen LogP contribution in [0.5, 0.6) is 0 Å². The Morgan fingerprint density at radius 2 is 1.95 bits per heavy atom. The van der Waals surface area contributed by atoms with Gasteiger partial charge in [-0.2, -0.15) is 0 Å². The van der Waals surface area contributed by atoms with E-state index in [-0.39, 0.29) is 17.7 Å². The first kappa shape index (κ1) is 16.4. The number of urea groups is 1. The van der Waals surface area contributed by atoms with E-state index in [9.17, 15) is 9.59 Å². The fourth-order valence-corrected chi connectivity index (χ4v) is 2.46. The van der Waals surface area contributed by atoms with Gasteiger partial charge in [0.15, 0.2) is 0 Å². The first-order chi connectivity index (χ1) is 9.58. The third-order valence-electron chi connectivity index (χ3n) is 2.48. The van der Waals surface area contributed by atoms with Gasteiger partial charge in [0, 0.05) is 29.7 Å². The van der Waals surface area contributed by atoms with E-state index in [0.29, 0.717) is 19.5 Å². The molecule has 0 bridgehead atoms. The molecule has 5 nitrogen and oxygen atoms in total. The van der Waals surface area contributed by atoms with Crippen LogP contribution in [0.4, 0.5) is 4.79 Å². The normalized spacial score (nSPS) is 11.7. The van der Waals surface area contributed by atoms with Crippen LogP contribution in [0.25, 0.3) is 0 Å². The quantitative estimate of drug-likeness (QED) is 0.508. The third kappa shape index (κ3) is 7.68. The molecule has 1 atom stereocenters. The van der Waals surface area contributed by atoms with Crippen LogP contribution in [0, 0.1) is 0 Å². The van der Waals surface area contributed by atoms with Crippen LogP contribution in [0.1, 0.15) is 19.8 Å². The average molecular weight is 296 g/mol. The molecule has 0 aliphatic heterocycles. The predicted octanol–water partition coefficient (Wildman–Crippen LogP) is 2.33. The zero-order chi connectivity index (χ0) is 14.8.